The van der Waals surface area contributed by atoms with Crippen molar-refractivity contribution in [3.05, 3.63) is 77.5 Å². The van der Waals surface area contributed by atoms with Crippen molar-refractivity contribution in [3.8, 4) is 5.69 Å². The van der Waals surface area contributed by atoms with Crippen LogP contribution in [0.5, 0.6) is 0 Å². The molecule has 0 saturated carbocycles. The van der Waals surface area contributed by atoms with Gasteiger partial charge < -0.3 is 10.2 Å². The van der Waals surface area contributed by atoms with E-state index in [-0.39, 0.29) is 23.8 Å². The van der Waals surface area contributed by atoms with E-state index in [1.165, 1.54) is 0 Å². The average Bonchev–Trinajstić information content (AvgIpc) is 3.18. The fourth-order valence-electron chi connectivity index (χ4n) is 3.43. The van der Waals surface area contributed by atoms with Gasteiger partial charge >= 0.3 is 0 Å². The second kappa shape index (κ2) is 9.81. The first-order chi connectivity index (χ1) is 15.2. The number of amides is 2. The van der Waals surface area contributed by atoms with Gasteiger partial charge in [0.2, 0.25) is 5.91 Å². The number of aryl methyl sites for hydroxylation is 1. The lowest BCUT2D eigenvalue weighted by Gasteiger charge is -2.21. The molecule has 0 spiro atoms. The van der Waals surface area contributed by atoms with Crippen molar-refractivity contribution in [3.63, 3.8) is 0 Å². The van der Waals surface area contributed by atoms with E-state index < -0.39 is 0 Å². The molecule has 0 fully saturated rings. The Morgan fingerprint density at radius 1 is 1.03 bits per heavy atom. The summed E-state index contributed by atoms with van der Waals surface area (Å²) in [5.41, 5.74) is 3.26. The molecule has 2 amide bonds. The number of carbonyl (C=O) groups excluding carboxylic acids is 2. The molecule has 32 heavy (non-hydrogen) atoms. The Morgan fingerprint density at radius 3 is 2.38 bits per heavy atom. The number of hydrogen-bond donors (Lipinski definition) is 1. The van der Waals surface area contributed by atoms with Crippen molar-refractivity contribution in [1.29, 1.82) is 0 Å². The molecule has 1 aromatic heterocycles. The Bertz CT molecular complexity index is 1080. The molecule has 6 nitrogen and oxygen atoms in total. The van der Waals surface area contributed by atoms with Gasteiger partial charge in [0.05, 0.1) is 11.4 Å². The summed E-state index contributed by atoms with van der Waals surface area (Å²) in [7, 11) is 0. The first kappa shape index (κ1) is 23.3. The summed E-state index contributed by atoms with van der Waals surface area (Å²) in [5.74, 6) is 0.191. The van der Waals surface area contributed by atoms with Crippen LogP contribution in [0.3, 0.4) is 0 Å². The molecule has 2 aromatic carbocycles. The SMILES string of the molecule is CCCN(CC(=O)Nc1cc(C(C)(C)C)nn1-c1cccc(C)c1)C(=O)c1ccccc1. The van der Waals surface area contributed by atoms with Gasteiger partial charge in [-0.25, -0.2) is 4.68 Å². The lowest BCUT2D eigenvalue weighted by molar-refractivity contribution is -0.116. The van der Waals surface area contributed by atoms with Gasteiger partial charge in [-0.1, -0.05) is 58.0 Å². The zero-order chi connectivity index (χ0) is 23.3. The van der Waals surface area contributed by atoms with Crippen LogP contribution in [0.2, 0.25) is 0 Å². The Morgan fingerprint density at radius 2 is 1.75 bits per heavy atom. The number of carbonyl (C=O) groups is 2. The predicted molar refractivity (Wildman–Crippen MR) is 128 cm³/mol. The molecule has 3 aromatic rings. The smallest absolute Gasteiger partial charge is 0.254 e. The van der Waals surface area contributed by atoms with Crippen molar-refractivity contribution in [2.75, 3.05) is 18.4 Å². The maximum Gasteiger partial charge on any atom is 0.254 e. The summed E-state index contributed by atoms with van der Waals surface area (Å²) in [6.07, 6.45) is 0.765. The van der Waals surface area contributed by atoms with E-state index in [1.54, 1.807) is 21.7 Å². The van der Waals surface area contributed by atoms with E-state index in [0.29, 0.717) is 17.9 Å². The standard InChI is InChI=1S/C26H32N4O2/c1-6-15-29(25(32)20-12-8-7-9-13-20)18-24(31)27-23-17-22(26(3,4)5)28-30(23)21-14-10-11-19(2)16-21/h7-14,16-17H,6,15,18H2,1-5H3,(H,27,31). The Labute approximate surface area is 190 Å². The van der Waals surface area contributed by atoms with Crippen molar-refractivity contribution in [2.24, 2.45) is 0 Å². The molecule has 0 bridgehead atoms. The number of rotatable bonds is 7. The highest BCUT2D eigenvalue weighted by Gasteiger charge is 2.23. The zero-order valence-electron chi connectivity index (χ0n) is 19.6. The number of nitrogens with one attached hydrogen (secondary N) is 1. The van der Waals surface area contributed by atoms with Crippen LogP contribution < -0.4 is 5.32 Å². The highest BCUT2D eigenvalue weighted by molar-refractivity contribution is 5.99. The van der Waals surface area contributed by atoms with Gasteiger partial charge in [-0.05, 0) is 43.2 Å². The topological polar surface area (TPSA) is 67.2 Å². The van der Waals surface area contributed by atoms with Crippen LogP contribution in [0.1, 0.15) is 55.7 Å². The lowest BCUT2D eigenvalue weighted by Crippen LogP contribution is -2.38. The molecule has 3 rings (SSSR count). The molecular weight excluding hydrogens is 400 g/mol. The summed E-state index contributed by atoms with van der Waals surface area (Å²) in [5, 5.41) is 7.75. The van der Waals surface area contributed by atoms with E-state index >= 15 is 0 Å². The molecule has 0 aliphatic rings. The quantitative estimate of drug-likeness (QED) is 0.573. The van der Waals surface area contributed by atoms with Gasteiger partial charge in [-0.3, -0.25) is 9.59 Å². The third-order valence-electron chi connectivity index (χ3n) is 5.13. The van der Waals surface area contributed by atoms with E-state index in [0.717, 1.165) is 23.4 Å². The van der Waals surface area contributed by atoms with Crippen LogP contribution in [-0.4, -0.2) is 39.6 Å². The normalized spacial score (nSPS) is 11.3. The molecule has 6 heteroatoms. The summed E-state index contributed by atoms with van der Waals surface area (Å²) in [6.45, 7) is 10.8. The first-order valence-corrected chi connectivity index (χ1v) is 11.0. The van der Waals surface area contributed by atoms with Crippen LogP contribution >= 0.6 is 0 Å². The zero-order valence-corrected chi connectivity index (χ0v) is 19.6. The van der Waals surface area contributed by atoms with Gasteiger partial charge in [0.25, 0.3) is 5.91 Å². The van der Waals surface area contributed by atoms with Gasteiger partial charge in [0.1, 0.15) is 12.4 Å². The highest BCUT2D eigenvalue weighted by Crippen LogP contribution is 2.26. The minimum atomic E-state index is -0.253. The number of aromatic nitrogens is 2. The molecule has 1 N–H and O–H groups in total. The molecule has 0 radical (unpaired) electrons. The third kappa shape index (κ3) is 5.63. The van der Waals surface area contributed by atoms with Crippen molar-refractivity contribution >= 4 is 17.6 Å². The number of benzene rings is 2. The van der Waals surface area contributed by atoms with Crippen LogP contribution in [0.25, 0.3) is 5.69 Å². The second-order valence-electron chi connectivity index (χ2n) is 9.06. The lowest BCUT2D eigenvalue weighted by atomic mass is 9.92. The molecule has 0 aliphatic heterocycles. The molecule has 168 valence electrons. The summed E-state index contributed by atoms with van der Waals surface area (Å²) < 4.78 is 1.76. The minimum Gasteiger partial charge on any atom is -0.329 e. The molecule has 1 heterocycles. The van der Waals surface area contributed by atoms with Crippen LogP contribution in [0.4, 0.5) is 5.82 Å². The Balaban J connectivity index is 1.85. The average molecular weight is 433 g/mol. The van der Waals surface area contributed by atoms with Gasteiger partial charge in [0.15, 0.2) is 0 Å². The minimum absolute atomic E-state index is 0.0224. The molecule has 0 saturated heterocycles. The van der Waals surface area contributed by atoms with E-state index in [2.05, 4.69) is 26.1 Å². The first-order valence-electron chi connectivity index (χ1n) is 11.0. The van der Waals surface area contributed by atoms with E-state index in [4.69, 9.17) is 5.10 Å². The van der Waals surface area contributed by atoms with E-state index in [1.807, 2.05) is 62.4 Å². The maximum atomic E-state index is 13.0. The number of nitrogens with zero attached hydrogens (tertiary/aromatic N) is 3. The van der Waals surface area contributed by atoms with Crippen LogP contribution in [0, 0.1) is 6.92 Å². The van der Waals surface area contributed by atoms with Crippen molar-refractivity contribution in [2.45, 2.75) is 46.5 Å². The summed E-state index contributed by atoms with van der Waals surface area (Å²) in [4.78, 5) is 27.5. The highest BCUT2D eigenvalue weighted by atomic mass is 16.2. The van der Waals surface area contributed by atoms with Crippen molar-refractivity contribution in [1.82, 2.24) is 14.7 Å². The number of hydrogen-bond acceptors (Lipinski definition) is 3. The molecule has 0 aliphatic carbocycles. The summed E-state index contributed by atoms with van der Waals surface area (Å²) >= 11 is 0. The third-order valence-corrected chi connectivity index (χ3v) is 5.13. The Hall–Kier alpha value is -3.41. The Kier molecular flexibility index (Phi) is 7.13. The monoisotopic (exact) mass is 432 g/mol. The van der Waals surface area contributed by atoms with Gasteiger partial charge in [-0.15, -0.1) is 0 Å². The van der Waals surface area contributed by atoms with Gasteiger partial charge in [0, 0.05) is 23.6 Å². The molecule has 0 atom stereocenters. The summed E-state index contributed by atoms with van der Waals surface area (Å²) in [6, 6.07) is 18.9. The van der Waals surface area contributed by atoms with E-state index in [9.17, 15) is 9.59 Å². The molecule has 0 unspecified atom stereocenters. The maximum absolute atomic E-state index is 13.0. The fourth-order valence-corrected chi connectivity index (χ4v) is 3.43. The van der Waals surface area contributed by atoms with Crippen molar-refractivity contribution < 1.29 is 9.59 Å². The fraction of sp³-hybridized carbons (Fsp3) is 0.346. The number of anilines is 1. The second-order valence-corrected chi connectivity index (χ2v) is 9.06. The largest absolute Gasteiger partial charge is 0.329 e. The predicted octanol–water partition coefficient (Wildman–Crippen LogP) is 4.97. The molecular formula is C26H32N4O2. The van der Waals surface area contributed by atoms with Crippen LogP contribution in [-0.2, 0) is 10.2 Å². The van der Waals surface area contributed by atoms with Gasteiger partial charge in [-0.2, -0.15) is 5.10 Å². The van der Waals surface area contributed by atoms with Crippen LogP contribution in [0.15, 0.2) is 60.7 Å².